The summed E-state index contributed by atoms with van der Waals surface area (Å²) in [6.45, 7) is 17.2. The van der Waals surface area contributed by atoms with E-state index in [0.717, 1.165) is 45.2 Å². The van der Waals surface area contributed by atoms with Gasteiger partial charge in [-0.1, -0.05) is 24.6 Å². The number of hydrogen-bond acceptors (Lipinski definition) is 3. The minimum absolute atomic E-state index is 0.773. The van der Waals surface area contributed by atoms with E-state index in [1.165, 1.54) is 32.1 Å². The second kappa shape index (κ2) is 17.2. The minimum atomic E-state index is 0.773. The van der Waals surface area contributed by atoms with Gasteiger partial charge >= 0.3 is 0 Å². The van der Waals surface area contributed by atoms with Crippen LogP contribution >= 0.6 is 0 Å². The first-order valence-electron chi connectivity index (χ1n) is 8.30. The fraction of sp³-hybridized carbons (Fsp3) is 0.667. The van der Waals surface area contributed by atoms with Crippen LogP contribution in [0.15, 0.2) is 38.0 Å². The molecule has 0 rings (SSSR count). The molecule has 0 saturated heterocycles. The van der Waals surface area contributed by atoms with Crippen LogP contribution in [0.1, 0.15) is 32.1 Å². The Labute approximate surface area is 132 Å². The van der Waals surface area contributed by atoms with E-state index in [1.807, 2.05) is 18.2 Å². The van der Waals surface area contributed by atoms with Gasteiger partial charge in [0.25, 0.3) is 0 Å². The predicted octanol–water partition coefficient (Wildman–Crippen LogP) is 2.88. The number of rotatable bonds is 17. The molecule has 122 valence electrons. The van der Waals surface area contributed by atoms with Crippen LogP contribution in [0, 0.1) is 5.92 Å². The van der Waals surface area contributed by atoms with Crippen LogP contribution in [0.5, 0.6) is 0 Å². The zero-order chi connectivity index (χ0) is 15.6. The van der Waals surface area contributed by atoms with E-state index in [4.69, 9.17) is 0 Å². The second-order valence-corrected chi connectivity index (χ2v) is 5.44. The van der Waals surface area contributed by atoms with Crippen molar-refractivity contribution in [3.05, 3.63) is 38.0 Å². The Balaban J connectivity index is 3.71. The molecule has 3 nitrogen and oxygen atoms in total. The van der Waals surface area contributed by atoms with Gasteiger partial charge in [0.1, 0.15) is 0 Å². The highest BCUT2D eigenvalue weighted by molar-refractivity contribution is 4.73. The third-order valence-electron chi connectivity index (χ3n) is 3.48. The third kappa shape index (κ3) is 15.3. The molecule has 21 heavy (non-hydrogen) atoms. The van der Waals surface area contributed by atoms with E-state index >= 15 is 0 Å². The predicted molar refractivity (Wildman–Crippen MR) is 95.8 cm³/mol. The fourth-order valence-corrected chi connectivity index (χ4v) is 2.34. The highest BCUT2D eigenvalue weighted by Crippen LogP contribution is 2.13. The molecule has 0 heterocycles. The smallest absolute Gasteiger partial charge is 0.0132 e. The lowest BCUT2D eigenvalue weighted by atomic mass is 9.96. The summed E-state index contributed by atoms with van der Waals surface area (Å²) in [4.78, 5) is 0. The molecule has 3 heteroatoms. The Bertz CT molecular complexity index is 251. The molecule has 0 aliphatic rings. The quantitative estimate of drug-likeness (QED) is 0.285. The molecule has 0 fully saturated rings. The minimum Gasteiger partial charge on any atom is -0.313 e. The molecule has 1 atom stereocenters. The Morgan fingerprint density at radius 3 is 1.81 bits per heavy atom. The maximum Gasteiger partial charge on any atom is 0.0132 e. The van der Waals surface area contributed by atoms with Crippen molar-refractivity contribution in [1.29, 1.82) is 0 Å². The van der Waals surface area contributed by atoms with E-state index < -0.39 is 0 Å². The summed E-state index contributed by atoms with van der Waals surface area (Å²) in [5.74, 6) is 0.773. The fourth-order valence-electron chi connectivity index (χ4n) is 2.34. The summed E-state index contributed by atoms with van der Waals surface area (Å²) in [5, 5.41) is 10.2. The Morgan fingerprint density at radius 1 is 0.667 bits per heavy atom. The number of nitrogens with one attached hydrogen (secondary N) is 3. The Morgan fingerprint density at radius 2 is 1.19 bits per heavy atom. The highest BCUT2D eigenvalue weighted by atomic mass is 14.9. The summed E-state index contributed by atoms with van der Waals surface area (Å²) < 4.78 is 0. The van der Waals surface area contributed by atoms with E-state index in [2.05, 4.69) is 35.7 Å². The highest BCUT2D eigenvalue weighted by Gasteiger charge is 2.07. The number of hydrogen-bond donors (Lipinski definition) is 3. The summed E-state index contributed by atoms with van der Waals surface area (Å²) in [7, 11) is 0. The van der Waals surface area contributed by atoms with Crippen LogP contribution in [0.4, 0.5) is 0 Å². The van der Waals surface area contributed by atoms with Gasteiger partial charge < -0.3 is 16.0 Å². The summed E-state index contributed by atoms with van der Waals surface area (Å²) in [6, 6.07) is 0. The van der Waals surface area contributed by atoms with Gasteiger partial charge in [-0.25, -0.2) is 0 Å². The first kappa shape index (κ1) is 20.1. The van der Waals surface area contributed by atoms with Crippen LogP contribution in [0.2, 0.25) is 0 Å². The molecule has 0 amide bonds. The van der Waals surface area contributed by atoms with Gasteiger partial charge in [0, 0.05) is 19.6 Å². The summed E-state index contributed by atoms with van der Waals surface area (Å²) >= 11 is 0. The molecule has 0 radical (unpaired) electrons. The summed E-state index contributed by atoms with van der Waals surface area (Å²) in [6.07, 6.45) is 12.1. The monoisotopic (exact) mass is 293 g/mol. The van der Waals surface area contributed by atoms with Gasteiger partial charge in [-0.2, -0.15) is 0 Å². The average Bonchev–Trinajstić information content (AvgIpc) is 2.50. The van der Waals surface area contributed by atoms with Crippen LogP contribution in [-0.4, -0.2) is 39.3 Å². The second-order valence-electron chi connectivity index (χ2n) is 5.44. The Hall–Kier alpha value is -0.900. The van der Waals surface area contributed by atoms with Crippen molar-refractivity contribution in [3.63, 3.8) is 0 Å². The van der Waals surface area contributed by atoms with Crippen molar-refractivity contribution in [1.82, 2.24) is 16.0 Å². The molecule has 0 aliphatic carbocycles. The molecule has 0 aromatic heterocycles. The lowest BCUT2D eigenvalue weighted by Gasteiger charge is -2.17. The normalized spacial score (nSPS) is 12.0. The molecular formula is C18H35N3. The molecule has 3 N–H and O–H groups in total. The zero-order valence-electron chi connectivity index (χ0n) is 13.7. The van der Waals surface area contributed by atoms with Gasteiger partial charge in [-0.15, -0.1) is 19.7 Å². The lowest BCUT2D eigenvalue weighted by molar-refractivity contribution is 0.395. The van der Waals surface area contributed by atoms with Gasteiger partial charge in [-0.05, 0) is 51.2 Å². The van der Waals surface area contributed by atoms with Crippen molar-refractivity contribution in [2.24, 2.45) is 5.92 Å². The van der Waals surface area contributed by atoms with Gasteiger partial charge in [0.2, 0.25) is 0 Å². The zero-order valence-corrected chi connectivity index (χ0v) is 13.7. The first-order valence-corrected chi connectivity index (χ1v) is 8.30. The molecular weight excluding hydrogens is 258 g/mol. The maximum absolute atomic E-state index is 3.76. The lowest BCUT2D eigenvalue weighted by Crippen LogP contribution is -2.24. The molecule has 1 unspecified atom stereocenters. The van der Waals surface area contributed by atoms with E-state index in [0.29, 0.717) is 0 Å². The maximum atomic E-state index is 3.76. The van der Waals surface area contributed by atoms with Gasteiger partial charge in [0.15, 0.2) is 0 Å². The van der Waals surface area contributed by atoms with Crippen LogP contribution in [-0.2, 0) is 0 Å². The SMILES string of the molecule is C=CCNCCCCC(CCCNCC=C)CNCC=C. The summed E-state index contributed by atoms with van der Waals surface area (Å²) in [5.41, 5.74) is 0. The molecule has 0 saturated carbocycles. The number of unbranched alkanes of at least 4 members (excludes halogenated alkanes) is 1. The largest absolute Gasteiger partial charge is 0.313 e. The molecule has 0 aromatic carbocycles. The topological polar surface area (TPSA) is 36.1 Å². The standard InChI is InChI=1S/C18H35N3/c1-4-12-19-15-8-7-10-18(17-21-14-6-3)11-9-16-20-13-5-2/h4-6,18-21H,1-3,7-17H2. The third-order valence-corrected chi connectivity index (χ3v) is 3.48. The van der Waals surface area contributed by atoms with Crippen molar-refractivity contribution in [3.8, 4) is 0 Å². The van der Waals surface area contributed by atoms with Crippen LogP contribution in [0.3, 0.4) is 0 Å². The van der Waals surface area contributed by atoms with Crippen molar-refractivity contribution in [2.75, 3.05) is 39.3 Å². The van der Waals surface area contributed by atoms with E-state index in [1.54, 1.807) is 0 Å². The van der Waals surface area contributed by atoms with Gasteiger partial charge in [0.05, 0.1) is 0 Å². The van der Waals surface area contributed by atoms with Crippen molar-refractivity contribution < 1.29 is 0 Å². The average molecular weight is 293 g/mol. The van der Waals surface area contributed by atoms with Crippen molar-refractivity contribution in [2.45, 2.75) is 32.1 Å². The van der Waals surface area contributed by atoms with Gasteiger partial charge in [-0.3, -0.25) is 0 Å². The molecule has 0 aliphatic heterocycles. The molecule has 0 aromatic rings. The first-order chi connectivity index (χ1) is 10.3. The molecule has 0 bridgehead atoms. The van der Waals surface area contributed by atoms with E-state index in [9.17, 15) is 0 Å². The molecule has 0 spiro atoms. The van der Waals surface area contributed by atoms with Crippen LogP contribution in [0.25, 0.3) is 0 Å². The Kier molecular flexibility index (Phi) is 16.4. The van der Waals surface area contributed by atoms with E-state index in [-0.39, 0.29) is 0 Å². The van der Waals surface area contributed by atoms with Crippen LogP contribution < -0.4 is 16.0 Å². The van der Waals surface area contributed by atoms with Crippen molar-refractivity contribution >= 4 is 0 Å².